The molecule has 0 aliphatic rings. The fourth-order valence-corrected chi connectivity index (χ4v) is 3.24. The van der Waals surface area contributed by atoms with Crippen LogP contribution in [0.1, 0.15) is 5.56 Å². The third-order valence-electron chi connectivity index (χ3n) is 3.62. The van der Waals surface area contributed by atoms with Crippen molar-refractivity contribution in [2.24, 2.45) is 0 Å². The number of aromatic amines is 1. The van der Waals surface area contributed by atoms with Gasteiger partial charge in [0.2, 0.25) is 0 Å². The Morgan fingerprint density at radius 1 is 1.19 bits per heavy atom. The second-order valence-electron chi connectivity index (χ2n) is 5.31. The van der Waals surface area contributed by atoms with Gasteiger partial charge in [0.05, 0.1) is 21.7 Å². The maximum Gasteiger partial charge on any atom is 0.197 e. The van der Waals surface area contributed by atoms with Crippen molar-refractivity contribution in [1.29, 1.82) is 0 Å². The standard InChI is InChI=1S/C16H14BrClN2O/c1-8-6-13-10(7-11(8)17)16(21)9-4-5-12(18)15(20(2)3)14(9)19-13/h4-7H,1-3H3,(H,19,21). The zero-order chi connectivity index (χ0) is 15.3. The monoisotopic (exact) mass is 364 g/mol. The Kier molecular flexibility index (Phi) is 3.46. The number of rotatable bonds is 1. The average molecular weight is 366 g/mol. The first kappa shape index (κ1) is 14.4. The van der Waals surface area contributed by atoms with Crippen LogP contribution in [0.4, 0.5) is 5.69 Å². The van der Waals surface area contributed by atoms with Gasteiger partial charge in [0, 0.05) is 29.3 Å². The third-order valence-corrected chi connectivity index (χ3v) is 4.78. The summed E-state index contributed by atoms with van der Waals surface area (Å²) >= 11 is 9.77. The molecule has 0 unspecified atom stereocenters. The number of nitrogens with one attached hydrogen (secondary N) is 1. The molecule has 0 aliphatic carbocycles. The number of hydrogen-bond acceptors (Lipinski definition) is 2. The van der Waals surface area contributed by atoms with Crippen molar-refractivity contribution in [2.45, 2.75) is 6.92 Å². The molecule has 0 aliphatic heterocycles. The maximum atomic E-state index is 12.7. The molecule has 3 aromatic rings. The lowest BCUT2D eigenvalue weighted by Crippen LogP contribution is -2.13. The van der Waals surface area contributed by atoms with Crippen molar-refractivity contribution in [3.63, 3.8) is 0 Å². The Morgan fingerprint density at radius 3 is 2.57 bits per heavy atom. The van der Waals surface area contributed by atoms with Gasteiger partial charge in [-0.1, -0.05) is 27.5 Å². The van der Waals surface area contributed by atoms with E-state index in [4.69, 9.17) is 11.6 Å². The van der Waals surface area contributed by atoms with Crippen LogP contribution in [0, 0.1) is 6.92 Å². The smallest absolute Gasteiger partial charge is 0.197 e. The van der Waals surface area contributed by atoms with Gasteiger partial charge in [0.1, 0.15) is 0 Å². The molecular weight excluding hydrogens is 352 g/mol. The molecule has 1 heterocycles. The molecule has 0 bridgehead atoms. The van der Waals surface area contributed by atoms with Crippen molar-refractivity contribution >= 4 is 55.0 Å². The van der Waals surface area contributed by atoms with Crippen LogP contribution in [0.2, 0.25) is 5.02 Å². The van der Waals surface area contributed by atoms with E-state index in [1.165, 1.54) is 0 Å². The van der Waals surface area contributed by atoms with E-state index < -0.39 is 0 Å². The van der Waals surface area contributed by atoms with Gasteiger partial charge in [-0.25, -0.2) is 0 Å². The molecule has 1 aromatic heterocycles. The van der Waals surface area contributed by atoms with Gasteiger partial charge in [0.15, 0.2) is 5.43 Å². The lowest BCUT2D eigenvalue weighted by molar-refractivity contribution is 1.14. The normalized spacial score (nSPS) is 11.3. The van der Waals surface area contributed by atoms with E-state index >= 15 is 0 Å². The molecule has 2 aromatic carbocycles. The van der Waals surface area contributed by atoms with Crippen LogP contribution >= 0.6 is 27.5 Å². The minimum absolute atomic E-state index is 0.0132. The summed E-state index contributed by atoms with van der Waals surface area (Å²) in [5, 5.41) is 1.94. The summed E-state index contributed by atoms with van der Waals surface area (Å²) in [4.78, 5) is 18.0. The second kappa shape index (κ2) is 5.04. The predicted octanol–water partition coefficient (Wildman–Crippen LogP) is 4.47. The van der Waals surface area contributed by atoms with Crippen molar-refractivity contribution in [3.05, 3.63) is 49.5 Å². The molecule has 0 saturated heterocycles. The summed E-state index contributed by atoms with van der Waals surface area (Å²) in [5.41, 5.74) is 3.50. The number of benzene rings is 2. The van der Waals surface area contributed by atoms with Crippen LogP contribution in [-0.2, 0) is 0 Å². The minimum Gasteiger partial charge on any atom is -0.375 e. The Bertz CT molecular complexity index is 931. The summed E-state index contributed by atoms with van der Waals surface area (Å²) in [6.07, 6.45) is 0. The fourth-order valence-electron chi connectivity index (χ4n) is 2.57. The Hall–Kier alpha value is -1.52. The summed E-state index contributed by atoms with van der Waals surface area (Å²) in [5.74, 6) is 0. The molecule has 0 amide bonds. The van der Waals surface area contributed by atoms with E-state index in [0.717, 1.165) is 26.8 Å². The number of pyridine rings is 1. The number of anilines is 1. The highest BCUT2D eigenvalue weighted by molar-refractivity contribution is 9.10. The highest BCUT2D eigenvalue weighted by Crippen LogP contribution is 2.32. The van der Waals surface area contributed by atoms with Crippen molar-refractivity contribution in [3.8, 4) is 0 Å². The van der Waals surface area contributed by atoms with Gasteiger partial charge in [-0.3, -0.25) is 4.79 Å². The lowest BCUT2D eigenvalue weighted by atomic mass is 10.1. The molecule has 21 heavy (non-hydrogen) atoms. The van der Waals surface area contributed by atoms with Crippen molar-refractivity contribution in [2.75, 3.05) is 19.0 Å². The van der Waals surface area contributed by atoms with Crippen LogP contribution in [0.3, 0.4) is 0 Å². The summed E-state index contributed by atoms with van der Waals surface area (Å²) < 4.78 is 0.932. The lowest BCUT2D eigenvalue weighted by Gasteiger charge is -2.17. The molecule has 0 fully saturated rings. The van der Waals surface area contributed by atoms with Gasteiger partial charge in [-0.2, -0.15) is 0 Å². The van der Waals surface area contributed by atoms with E-state index in [1.807, 2.05) is 38.1 Å². The quantitative estimate of drug-likeness (QED) is 0.646. The number of aryl methyl sites for hydroxylation is 1. The summed E-state index contributed by atoms with van der Waals surface area (Å²) in [7, 11) is 3.83. The molecule has 0 atom stereocenters. The first-order valence-corrected chi connectivity index (χ1v) is 7.69. The first-order valence-electron chi connectivity index (χ1n) is 6.52. The largest absolute Gasteiger partial charge is 0.375 e. The third kappa shape index (κ3) is 2.23. The van der Waals surface area contributed by atoms with E-state index in [9.17, 15) is 4.79 Å². The second-order valence-corrected chi connectivity index (χ2v) is 6.58. The molecule has 0 radical (unpaired) electrons. The zero-order valence-electron chi connectivity index (χ0n) is 11.9. The number of fused-ring (bicyclic) bond motifs is 2. The molecule has 1 N–H and O–H groups in total. The van der Waals surface area contributed by atoms with Crippen LogP contribution < -0.4 is 10.3 Å². The first-order chi connectivity index (χ1) is 9.90. The highest BCUT2D eigenvalue weighted by atomic mass is 79.9. The average Bonchev–Trinajstić information content (AvgIpc) is 2.40. The molecular formula is C16H14BrClN2O. The zero-order valence-corrected chi connectivity index (χ0v) is 14.3. The summed E-state index contributed by atoms with van der Waals surface area (Å²) in [6.45, 7) is 2.00. The van der Waals surface area contributed by atoms with Crippen LogP contribution in [0.5, 0.6) is 0 Å². The molecule has 3 nitrogen and oxygen atoms in total. The van der Waals surface area contributed by atoms with E-state index in [-0.39, 0.29) is 5.43 Å². The fraction of sp³-hybridized carbons (Fsp3) is 0.188. The molecule has 3 rings (SSSR count). The van der Waals surface area contributed by atoms with Crippen molar-refractivity contribution in [1.82, 2.24) is 4.98 Å². The number of nitrogens with zero attached hydrogens (tertiary/aromatic N) is 1. The highest BCUT2D eigenvalue weighted by Gasteiger charge is 2.14. The molecule has 0 saturated carbocycles. The van der Waals surface area contributed by atoms with Gasteiger partial charge >= 0.3 is 0 Å². The van der Waals surface area contributed by atoms with Crippen molar-refractivity contribution < 1.29 is 0 Å². The van der Waals surface area contributed by atoms with Crippen LogP contribution in [-0.4, -0.2) is 19.1 Å². The summed E-state index contributed by atoms with van der Waals surface area (Å²) in [6, 6.07) is 7.38. The molecule has 108 valence electrons. The van der Waals surface area contributed by atoms with E-state index in [1.54, 1.807) is 12.1 Å². The van der Waals surface area contributed by atoms with Gasteiger partial charge < -0.3 is 9.88 Å². The minimum atomic E-state index is 0.0132. The van der Waals surface area contributed by atoms with E-state index in [2.05, 4.69) is 20.9 Å². The Balaban J connectivity index is 2.57. The topological polar surface area (TPSA) is 36.1 Å². The predicted molar refractivity (Wildman–Crippen MR) is 93.8 cm³/mol. The molecule has 5 heteroatoms. The molecule has 0 spiro atoms. The van der Waals surface area contributed by atoms with Crippen LogP contribution in [0.15, 0.2) is 33.5 Å². The Labute approximate surface area is 135 Å². The number of H-pyrrole nitrogens is 1. The number of aromatic nitrogens is 1. The SMILES string of the molecule is Cc1cc2[nH]c3c(N(C)C)c(Cl)ccc3c(=O)c2cc1Br. The maximum absolute atomic E-state index is 12.7. The van der Waals surface area contributed by atoms with Gasteiger partial charge in [-0.15, -0.1) is 0 Å². The van der Waals surface area contributed by atoms with Crippen LogP contribution in [0.25, 0.3) is 21.8 Å². The van der Waals surface area contributed by atoms with Gasteiger partial charge in [0.25, 0.3) is 0 Å². The van der Waals surface area contributed by atoms with E-state index in [0.29, 0.717) is 15.8 Å². The Morgan fingerprint density at radius 2 is 1.90 bits per heavy atom. The van der Waals surface area contributed by atoms with Gasteiger partial charge in [-0.05, 0) is 36.8 Å². The number of halogens is 2. The number of hydrogen-bond donors (Lipinski definition) is 1.